The monoisotopic (exact) mass is 214 g/mol. The van der Waals surface area contributed by atoms with Crippen molar-refractivity contribution in [3.8, 4) is 0 Å². The van der Waals surface area contributed by atoms with E-state index in [-0.39, 0.29) is 5.41 Å². The largest absolute Gasteiger partial charge is 0.468 e. The van der Waals surface area contributed by atoms with Gasteiger partial charge in [0.25, 0.3) is 6.47 Å². The third-order valence-electron chi connectivity index (χ3n) is 3.07. The highest BCUT2D eigenvalue weighted by atomic mass is 16.5. The predicted octanol–water partition coefficient (Wildman–Crippen LogP) is 2.73. The summed E-state index contributed by atoms with van der Waals surface area (Å²) in [5.41, 5.74) is 0.0399. The maximum absolute atomic E-state index is 11.3. The van der Waals surface area contributed by atoms with Crippen molar-refractivity contribution >= 4 is 12.3 Å². The second-order valence-corrected chi connectivity index (χ2v) is 4.10. The van der Waals surface area contributed by atoms with Gasteiger partial charge in [-0.3, -0.25) is 9.59 Å². The van der Waals surface area contributed by atoms with Gasteiger partial charge < -0.3 is 4.74 Å². The summed E-state index contributed by atoms with van der Waals surface area (Å²) in [6.07, 6.45) is 5.32. The van der Waals surface area contributed by atoms with E-state index in [1.54, 1.807) is 6.92 Å². The van der Waals surface area contributed by atoms with Crippen LogP contribution in [0.1, 0.15) is 52.9 Å². The van der Waals surface area contributed by atoms with Crippen molar-refractivity contribution in [3.63, 3.8) is 0 Å². The maximum atomic E-state index is 11.3. The SMILES string of the molecule is CCC1(C)CCCCC1=O.CCOC=O. The first kappa shape index (κ1) is 14.1. The van der Waals surface area contributed by atoms with Crippen LogP contribution in [0, 0.1) is 5.41 Å². The molecule has 0 N–H and O–H groups in total. The Morgan fingerprint density at radius 3 is 2.33 bits per heavy atom. The first-order valence-corrected chi connectivity index (χ1v) is 5.69. The molecule has 3 nitrogen and oxygen atoms in total. The smallest absolute Gasteiger partial charge is 0.293 e. The van der Waals surface area contributed by atoms with Gasteiger partial charge in [0.2, 0.25) is 0 Å². The Bertz CT molecular complexity index is 201. The average Bonchev–Trinajstić information content (AvgIpc) is 2.25. The van der Waals surface area contributed by atoms with E-state index < -0.39 is 0 Å². The van der Waals surface area contributed by atoms with E-state index in [0.29, 0.717) is 18.9 Å². The molecule has 15 heavy (non-hydrogen) atoms. The van der Waals surface area contributed by atoms with Gasteiger partial charge in [-0.1, -0.05) is 20.3 Å². The van der Waals surface area contributed by atoms with E-state index in [9.17, 15) is 9.59 Å². The lowest BCUT2D eigenvalue weighted by molar-refractivity contribution is -0.130. The standard InChI is InChI=1S/C9H16O.C3H6O2/c1-3-9(2)7-5-4-6-8(9)10;1-2-5-3-4/h3-7H2,1-2H3;3H,2H2,1H3. The molecular formula is C12H22O3. The molecule has 0 aromatic carbocycles. The van der Waals surface area contributed by atoms with E-state index in [4.69, 9.17) is 0 Å². The van der Waals surface area contributed by atoms with Crippen LogP contribution < -0.4 is 0 Å². The molecule has 1 aliphatic rings. The van der Waals surface area contributed by atoms with Gasteiger partial charge in [0.1, 0.15) is 5.78 Å². The molecule has 0 aromatic rings. The van der Waals surface area contributed by atoms with Gasteiger partial charge in [-0.25, -0.2) is 0 Å². The van der Waals surface area contributed by atoms with Crippen LogP contribution in [0.4, 0.5) is 0 Å². The molecule has 0 bridgehead atoms. The second-order valence-electron chi connectivity index (χ2n) is 4.10. The number of hydrogen-bond donors (Lipinski definition) is 0. The van der Waals surface area contributed by atoms with Crippen LogP contribution in [0.25, 0.3) is 0 Å². The van der Waals surface area contributed by atoms with Crippen molar-refractivity contribution in [2.75, 3.05) is 6.61 Å². The van der Waals surface area contributed by atoms with E-state index >= 15 is 0 Å². The third-order valence-corrected chi connectivity index (χ3v) is 3.07. The zero-order chi connectivity index (χ0) is 11.7. The lowest BCUT2D eigenvalue weighted by Gasteiger charge is -2.30. The molecule has 0 radical (unpaired) electrons. The summed E-state index contributed by atoms with van der Waals surface area (Å²) < 4.78 is 4.15. The number of carbonyl (C=O) groups excluding carboxylic acids is 2. The van der Waals surface area contributed by atoms with Crippen molar-refractivity contribution in [1.82, 2.24) is 0 Å². The molecule has 0 heterocycles. The molecule has 0 aliphatic heterocycles. The summed E-state index contributed by atoms with van der Waals surface area (Å²) in [4.78, 5) is 20.5. The zero-order valence-electron chi connectivity index (χ0n) is 10.0. The summed E-state index contributed by atoms with van der Waals surface area (Å²) in [6, 6.07) is 0. The highest BCUT2D eigenvalue weighted by Crippen LogP contribution is 2.35. The van der Waals surface area contributed by atoms with Crippen LogP contribution in [0.5, 0.6) is 0 Å². The predicted molar refractivity (Wildman–Crippen MR) is 59.6 cm³/mol. The number of rotatable bonds is 3. The molecule has 0 saturated heterocycles. The van der Waals surface area contributed by atoms with E-state index in [0.717, 1.165) is 25.7 Å². The molecule has 0 aromatic heterocycles. The molecule has 3 heteroatoms. The van der Waals surface area contributed by atoms with Gasteiger partial charge in [-0.2, -0.15) is 0 Å². The van der Waals surface area contributed by atoms with Gasteiger partial charge in [-0.05, 0) is 26.2 Å². The van der Waals surface area contributed by atoms with Crippen molar-refractivity contribution in [2.24, 2.45) is 5.41 Å². The molecule has 1 unspecified atom stereocenters. The Labute approximate surface area is 92.2 Å². The van der Waals surface area contributed by atoms with Gasteiger partial charge in [0.05, 0.1) is 6.61 Å². The Morgan fingerprint density at radius 2 is 2.07 bits per heavy atom. The molecular weight excluding hydrogens is 192 g/mol. The molecule has 0 amide bonds. The minimum absolute atomic E-state index is 0.0399. The van der Waals surface area contributed by atoms with Gasteiger partial charge in [0.15, 0.2) is 0 Å². The molecule has 88 valence electrons. The van der Waals surface area contributed by atoms with Crippen LogP contribution >= 0.6 is 0 Å². The lowest BCUT2D eigenvalue weighted by Crippen LogP contribution is -2.30. The van der Waals surface area contributed by atoms with Gasteiger partial charge in [-0.15, -0.1) is 0 Å². The fourth-order valence-electron chi connectivity index (χ4n) is 1.68. The average molecular weight is 214 g/mol. The third kappa shape index (κ3) is 4.96. The molecule has 1 fully saturated rings. The quantitative estimate of drug-likeness (QED) is 0.678. The molecule has 1 aliphatic carbocycles. The second kappa shape index (κ2) is 7.43. The Morgan fingerprint density at radius 1 is 1.40 bits per heavy atom. The normalized spacial score (nSPS) is 25.1. The van der Waals surface area contributed by atoms with Crippen LogP contribution in [-0.2, 0) is 14.3 Å². The van der Waals surface area contributed by atoms with Crippen LogP contribution in [-0.4, -0.2) is 18.9 Å². The first-order valence-electron chi connectivity index (χ1n) is 5.69. The molecule has 1 rings (SSSR count). The van der Waals surface area contributed by atoms with E-state index in [1.165, 1.54) is 6.42 Å². The summed E-state index contributed by atoms with van der Waals surface area (Å²) in [5, 5.41) is 0. The number of ether oxygens (including phenoxy) is 1. The molecule has 1 atom stereocenters. The molecule has 1 saturated carbocycles. The van der Waals surface area contributed by atoms with E-state index in [2.05, 4.69) is 18.6 Å². The van der Waals surface area contributed by atoms with Crippen LogP contribution in [0.2, 0.25) is 0 Å². The highest BCUT2D eigenvalue weighted by molar-refractivity contribution is 5.84. The Kier molecular flexibility index (Phi) is 7.01. The van der Waals surface area contributed by atoms with Crippen LogP contribution in [0.3, 0.4) is 0 Å². The van der Waals surface area contributed by atoms with Crippen molar-refractivity contribution in [1.29, 1.82) is 0 Å². The molecule has 0 spiro atoms. The maximum Gasteiger partial charge on any atom is 0.293 e. The van der Waals surface area contributed by atoms with Crippen LogP contribution in [0.15, 0.2) is 0 Å². The first-order chi connectivity index (χ1) is 7.10. The van der Waals surface area contributed by atoms with Crippen molar-refractivity contribution < 1.29 is 14.3 Å². The summed E-state index contributed by atoms with van der Waals surface area (Å²) in [5.74, 6) is 0.487. The van der Waals surface area contributed by atoms with Crippen molar-refractivity contribution in [3.05, 3.63) is 0 Å². The summed E-state index contributed by atoms with van der Waals surface area (Å²) >= 11 is 0. The Balaban J connectivity index is 0.000000336. The van der Waals surface area contributed by atoms with Crippen molar-refractivity contribution in [2.45, 2.75) is 52.9 Å². The number of carbonyl (C=O) groups is 2. The highest BCUT2D eigenvalue weighted by Gasteiger charge is 2.32. The number of ketones is 1. The Hall–Kier alpha value is -0.860. The van der Waals surface area contributed by atoms with Gasteiger partial charge in [0, 0.05) is 11.8 Å². The fraction of sp³-hybridized carbons (Fsp3) is 0.833. The van der Waals surface area contributed by atoms with Gasteiger partial charge >= 0.3 is 0 Å². The summed E-state index contributed by atoms with van der Waals surface area (Å²) in [6.45, 7) is 6.88. The lowest BCUT2D eigenvalue weighted by atomic mass is 9.73. The minimum Gasteiger partial charge on any atom is -0.468 e. The number of hydrogen-bond acceptors (Lipinski definition) is 3. The summed E-state index contributed by atoms with van der Waals surface area (Å²) in [7, 11) is 0. The zero-order valence-corrected chi connectivity index (χ0v) is 10.0. The number of Topliss-reactive ketones (excluding diaryl/α,β-unsaturated/α-hetero) is 1. The van der Waals surface area contributed by atoms with E-state index in [1.807, 2.05) is 0 Å². The fourth-order valence-corrected chi connectivity index (χ4v) is 1.68. The topological polar surface area (TPSA) is 43.4 Å². The minimum atomic E-state index is 0.0399.